The molecule has 1 amide bonds. The maximum atomic E-state index is 12.3. The summed E-state index contributed by atoms with van der Waals surface area (Å²) in [4.78, 5) is 23.9. The monoisotopic (exact) mass is 420 g/mol. The molecule has 0 radical (unpaired) electrons. The molecule has 1 aromatic carbocycles. The van der Waals surface area contributed by atoms with Gasteiger partial charge in [0.1, 0.15) is 11.4 Å². The first kappa shape index (κ1) is 19.8. The molecule has 0 unspecified atom stereocenters. The Labute approximate surface area is 181 Å². The lowest BCUT2D eigenvalue weighted by Gasteiger charge is -2.32. The number of piperazine rings is 1. The average molecular weight is 421 g/mol. The number of nitrogen functional groups attached to an aromatic ring is 1. The van der Waals surface area contributed by atoms with E-state index in [0.717, 1.165) is 66.8 Å². The van der Waals surface area contributed by atoms with E-state index in [9.17, 15) is 4.79 Å². The van der Waals surface area contributed by atoms with Crippen LogP contribution in [-0.4, -0.2) is 71.5 Å². The molecule has 8 heteroatoms. The number of carbonyl (C=O) groups excluding carboxylic acids is 1. The van der Waals surface area contributed by atoms with Gasteiger partial charge in [0.25, 0.3) is 5.91 Å². The third-order valence-electron chi connectivity index (χ3n) is 6.20. The molecule has 162 valence electrons. The number of rotatable bonds is 4. The van der Waals surface area contributed by atoms with Crippen LogP contribution in [0, 0.1) is 0 Å². The highest BCUT2D eigenvalue weighted by Crippen LogP contribution is 2.37. The maximum Gasteiger partial charge on any atom is 0.265 e. The molecule has 0 atom stereocenters. The molecule has 0 spiro atoms. The van der Waals surface area contributed by atoms with Crippen molar-refractivity contribution in [2.75, 3.05) is 57.0 Å². The van der Waals surface area contributed by atoms with Crippen LogP contribution in [-0.2, 0) is 11.3 Å². The number of nitrogens with two attached hydrogens (primary N) is 1. The summed E-state index contributed by atoms with van der Waals surface area (Å²) in [6.07, 6.45) is 1.95. The number of carbonyl (C=O) groups is 1. The number of anilines is 2. The van der Waals surface area contributed by atoms with Crippen molar-refractivity contribution in [2.24, 2.45) is 0 Å². The molecule has 5 rings (SSSR count). The van der Waals surface area contributed by atoms with E-state index in [1.165, 1.54) is 0 Å². The normalized spacial score (nSPS) is 17.7. The summed E-state index contributed by atoms with van der Waals surface area (Å²) < 4.78 is 7.75. The van der Waals surface area contributed by atoms with Crippen molar-refractivity contribution < 1.29 is 9.53 Å². The fraction of sp³-hybridized carbons (Fsp3) is 0.391. The van der Waals surface area contributed by atoms with Crippen molar-refractivity contribution in [3.8, 4) is 17.0 Å². The van der Waals surface area contributed by atoms with Gasteiger partial charge in [0, 0.05) is 56.7 Å². The van der Waals surface area contributed by atoms with Crippen LogP contribution in [0.15, 0.2) is 36.5 Å². The van der Waals surface area contributed by atoms with Crippen LogP contribution < -0.4 is 15.4 Å². The molecule has 0 aliphatic carbocycles. The van der Waals surface area contributed by atoms with Crippen LogP contribution in [0.4, 0.5) is 11.4 Å². The SMILES string of the molecule is CCN1C(=O)COc2ccc(-c3nc4ccc(N)cn4c3CN3CCN(C)CC3)cc21. The maximum absolute atomic E-state index is 12.3. The number of aromatic nitrogens is 2. The van der Waals surface area contributed by atoms with E-state index in [4.69, 9.17) is 15.5 Å². The number of amides is 1. The predicted octanol–water partition coefficient (Wildman–Crippen LogP) is 2.08. The lowest BCUT2D eigenvalue weighted by atomic mass is 10.1. The fourth-order valence-corrected chi connectivity index (χ4v) is 4.41. The van der Waals surface area contributed by atoms with E-state index in [1.54, 1.807) is 4.90 Å². The Morgan fingerprint density at radius 1 is 1.13 bits per heavy atom. The van der Waals surface area contributed by atoms with E-state index in [0.29, 0.717) is 12.2 Å². The van der Waals surface area contributed by atoms with Crippen LogP contribution in [0.5, 0.6) is 5.75 Å². The number of benzene rings is 1. The van der Waals surface area contributed by atoms with Crippen LogP contribution in [0.2, 0.25) is 0 Å². The number of fused-ring (bicyclic) bond motifs is 2. The van der Waals surface area contributed by atoms with Gasteiger partial charge in [-0.3, -0.25) is 9.69 Å². The standard InChI is InChI=1S/C23H28N6O2/c1-3-28-18-12-16(4-6-20(18)31-15-22(28)30)23-19(14-27-10-8-26(2)9-11-27)29-13-17(24)5-7-21(29)25-23/h4-7,12-13H,3,8-11,14-15,24H2,1-2H3. The second-order valence-corrected chi connectivity index (χ2v) is 8.29. The summed E-state index contributed by atoms with van der Waals surface area (Å²) in [5, 5.41) is 0. The quantitative estimate of drug-likeness (QED) is 0.696. The lowest BCUT2D eigenvalue weighted by molar-refractivity contribution is -0.121. The van der Waals surface area contributed by atoms with Crippen molar-refractivity contribution >= 4 is 22.9 Å². The Bertz CT molecular complexity index is 1130. The minimum atomic E-state index is -0.0208. The smallest absolute Gasteiger partial charge is 0.265 e. The Kier molecular flexibility index (Phi) is 5.03. The number of imidazole rings is 1. The first-order chi connectivity index (χ1) is 15.0. The van der Waals surface area contributed by atoms with Crippen LogP contribution >= 0.6 is 0 Å². The van der Waals surface area contributed by atoms with Crippen molar-refractivity contribution in [3.63, 3.8) is 0 Å². The average Bonchev–Trinajstić information content (AvgIpc) is 3.12. The lowest BCUT2D eigenvalue weighted by Crippen LogP contribution is -2.44. The number of hydrogen-bond acceptors (Lipinski definition) is 6. The van der Waals surface area contributed by atoms with Gasteiger partial charge >= 0.3 is 0 Å². The van der Waals surface area contributed by atoms with Gasteiger partial charge in [-0.05, 0) is 44.3 Å². The van der Waals surface area contributed by atoms with Gasteiger partial charge in [0.2, 0.25) is 0 Å². The van der Waals surface area contributed by atoms with E-state index in [1.807, 2.05) is 43.5 Å². The molecular formula is C23H28N6O2. The highest BCUT2D eigenvalue weighted by atomic mass is 16.5. The number of pyridine rings is 1. The van der Waals surface area contributed by atoms with Gasteiger partial charge in [-0.1, -0.05) is 0 Å². The molecule has 1 saturated heterocycles. The zero-order chi connectivity index (χ0) is 21.5. The second-order valence-electron chi connectivity index (χ2n) is 8.29. The molecule has 1 fully saturated rings. The van der Waals surface area contributed by atoms with E-state index >= 15 is 0 Å². The van der Waals surface area contributed by atoms with E-state index in [2.05, 4.69) is 21.2 Å². The number of ether oxygens (including phenoxy) is 1. The van der Waals surface area contributed by atoms with Gasteiger partial charge < -0.3 is 24.7 Å². The molecule has 0 bridgehead atoms. The first-order valence-electron chi connectivity index (χ1n) is 10.8. The van der Waals surface area contributed by atoms with Crippen molar-refractivity contribution in [2.45, 2.75) is 13.5 Å². The van der Waals surface area contributed by atoms with Gasteiger partial charge in [-0.25, -0.2) is 4.98 Å². The third-order valence-corrected chi connectivity index (χ3v) is 6.20. The zero-order valence-corrected chi connectivity index (χ0v) is 18.0. The van der Waals surface area contributed by atoms with Crippen molar-refractivity contribution in [3.05, 3.63) is 42.2 Å². The zero-order valence-electron chi connectivity index (χ0n) is 18.0. The third kappa shape index (κ3) is 3.62. The summed E-state index contributed by atoms with van der Waals surface area (Å²) in [7, 11) is 2.16. The van der Waals surface area contributed by atoms with Gasteiger partial charge in [-0.15, -0.1) is 0 Å². The fourth-order valence-electron chi connectivity index (χ4n) is 4.41. The molecular weight excluding hydrogens is 392 g/mol. The molecule has 2 aliphatic heterocycles. The van der Waals surface area contributed by atoms with Gasteiger partial charge in [0.05, 0.1) is 17.1 Å². The van der Waals surface area contributed by atoms with Crippen LogP contribution in [0.3, 0.4) is 0 Å². The van der Waals surface area contributed by atoms with E-state index < -0.39 is 0 Å². The largest absolute Gasteiger partial charge is 0.482 e. The minimum absolute atomic E-state index is 0.0208. The molecule has 0 saturated carbocycles. The summed E-state index contributed by atoms with van der Waals surface area (Å²) >= 11 is 0. The van der Waals surface area contributed by atoms with E-state index in [-0.39, 0.29) is 12.5 Å². The first-order valence-corrected chi connectivity index (χ1v) is 10.8. The second kappa shape index (κ2) is 7.86. The molecule has 2 aromatic heterocycles. The number of likely N-dealkylation sites (N-methyl/N-ethyl adjacent to an activating group) is 2. The summed E-state index contributed by atoms with van der Waals surface area (Å²) in [5.41, 5.74) is 11.5. The van der Waals surface area contributed by atoms with Gasteiger partial charge in [0.15, 0.2) is 6.61 Å². The molecule has 8 nitrogen and oxygen atoms in total. The Morgan fingerprint density at radius 2 is 1.94 bits per heavy atom. The summed E-state index contributed by atoms with van der Waals surface area (Å²) in [6, 6.07) is 9.83. The van der Waals surface area contributed by atoms with Gasteiger partial charge in [-0.2, -0.15) is 0 Å². The molecule has 3 aromatic rings. The van der Waals surface area contributed by atoms with Crippen molar-refractivity contribution in [1.29, 1.82) is 0 Å². The summed E-state index contributed by atoms with van der Waals surface area (Å²) in [5.74, 6) is 0.714. The number of hydrogen-bond donors (Lipinski definition) is 1. The van der Waals surface area contributed by atoms with Crippen LogP contribution in [0.1, 0.15) is 12.6 Å². The highest BCUT2D eigenvalue weighted by Gasteiger charge is 2.26. The highest BCUT2D eigenvalue weighted by molar-refractivity contribution is 5.98. The predicted molar refractivity (Wildman–Crippen MR) is 121 cm³/mol. The molecule has 2 aliphatic rings. The molecule has 2 N–H and O–H groups in total. The topological polar surface area (TPSA) is 79.3 Å². The van der Waals surface area contributed by atoms with Crippen molar-refractivity contribution in [1.82, 2.24) is 19.2 Å². The Morgan fingerprint density at radius 3 is 2.71 bits per heavy atom. The number of nitrogens with zero attached hydrogens (tertiary/aromatic N) is 5. The minimum Gasteiger partial charge on any atom is -0.482 e. The Balaban J connectivity index is 1.60. The van der Waals surface area contributed by atoms with Crippen LogP contribution in [0.25, 0.3) is 16.9 Å². The summed E-state index contributed by atoms with van der Waals surface area (Å²) in [6.45, 7) is 7.60. The molecule has 31 heavy (non-hydrogen) atoms. The molecule has 4 heterocycles. The Hall–Kier alpha value is -3.10.